The number of hydrogen-bond acceptors (Lipinski definition) is 5. The minimum atomic E-state index is -1.47. The maximum Gasteiger partial charge on any atom is 0.162 e. The molecule has 47 heavy (non-hydrogen) atoms. The van der Waals surface area contributed by atoms with Crippen LogP contribution in [-0.4, -0.2) is 28.9 Å². The Labute approximate surface area is 300 Å². The summed E-state index contributed by atoms with van der Waals surface area (Å²) in [5, 5.41) is 15.0. The molecule has 0 saturated carbocycles. The van der Waals surface area contributed by atoms with Gasteiger partial charge in [0.1, 0.15) is 6.33 Å². The van der Waals surface area contributed by atoms with Gasteiger partial charge in [0.05, 0.1) is 19.3 Å². The van der Waals surface area contributed by atoms with Crippen molar-refractivity contribution in [1.29, 1.82) is 0 Å². The van der Waals surface area contributed by atoms with E-state index in [2.05, 4.69) is 88.9 Å². The summed E-state index contributed by atoms with van der Waals surface area (Å²) in [5.41, 5.74) is 5.73. The zero-order chi connectivity index (χ0) is 33.8. The molecular weight excluding hydrogens is 793 g/mol. The van der Waals surface area contributed by atoms with E-state index < -0.39 is 8.07 Å². The standard InChI is InChI=1S/C27H27N2SSi.C13H24O2.Ir/c1-16(2)22-14-19(13-18-12-17(3)10-11-20(18)22)24-27-25(29-15-28-24)21-8-7-9-23(26(21)30-27)31(4,5)6;1-5-10(6-2)12(14)9-13(15)11(7-3)8-4;/h7-12,14-16H,1-6H3;9-11,14H,5-8H2,1-4H3;/q-1;;/b;12-9-;. The molecule has 0 aliphatic carbocycles. The molecular formula is C40H51IrN2O2SSi-. The van der Waals surface area contributed by atoms with Gasteiger partial charge in [-0.15, -0.1) is 40.5 Å². The predicted octanol–water partition coefficient (Wildman–Crippen LogP) is 11.3. The summed E-state index contributed by atoms with van der Waals surface area (Å²) >= 11 is 1.85. The van der Waals surface area contributed by atoms with Gasteiger partial charge in [0.15, 0.2) is 5.78 Å². The van der Waals surface area contributed by atoms with Gasteiger partial charge in [-0.1, -0.05) is 108 Å². The molecule has 0 fully saturated rings. The fourth-order valence-corrected chi connectivity index (χ4v) is 9.85. The molecule has 0 bridgehead atoms. The van der Waals surface area contributed by atoms with Crippen molar-refractivity contribution in [2.24, 2.45) is 11.8 Å². The van der Waals surface area contributed by atoms with Crippen LogP contribution in [0, 0.1) is 24.8 Å². The number of fused-ring (bicyclic) bond motifs is 4. The van der Waals surface area contributed by atoms with Crippen molar-refractivity contribution < 1.29 is 30.0 Å². The van der Waals surface area contributed by atoms with Crippen LogP contribution < -0.4 is 5.19 Å². The largest absolute Gasteiger partial charge is 0.512 e. The second-order valence-electron chi connectivity index (χ2n) is 13.8. The van der Waals surface area contributed by atoms with E-state index in [0.29, 0.717) is 5.92 Å². The number of benzene rings is 3. The van der Waals surface area contributed by atoms with Gasteiger partial charge in [-0.05, 0) is 43.7 Å². The topological polar surface area (TPSA) is 63.1 Å². The average Bonchev–Trinajstić information content (AvgIpc) is 3.40. The molecule has 3 aromatic carbocycles. The molecule has 4 nitrogen and oxygen atoms in total. The van der Waals surface area contributed by atoms with E-state index in [1.807, 2.05) is 39.0 Å². The van der Waals surface area contributed by atoms with Gasteiger partial charge >= 0.3 is 0 Å². The van der Waals surface area contributed by atoms with Crippen LogP contribution >= 0.6 is 11.3 Å². The van der Waals surface area contributed by atoms with Crippen LogP contribution in [0.25, 0.3) is 42.3 Å². The second-order valence-corrected chi connectivity index (χ2v) is 19.8. The van der Waals surface area contributed by atoms with Crippen molar-refractivity contribution in [2.45, 2.75) is 99.7 Å². The van der Waals surface area contributed by atoms with E-state index in [0.717, 1.165) is 47.8 Å². The molecule has 0 atom stereocenters. The van der Waals surface area contributed by atoms with E-state index in [1.54, 1.807) is 6.33 Å². The van der Waals surface area contributed by atoms with Gasteiger partial charge in [-0.3, -0.25) is 9.78 Å². The summed E-state index contributed by atoms with van der Waals surface area (Å²) in [6.45, 7) is 22.0. The number of hydrogen-bond donors (Lipinski definition) is 1. The summed E-state index contributed by atoms with van der Waals surface area (Å²) < 4.78 is 2.54. The van der Waals surface area contributed by atoms with Crippen molar-refractivity contribution in [2.75, 3.05) is 0 Å². The van der Waals surface area contributed by atoms with E-state index >= 15 is 0 Å². The Hall–Kier alpha value is -2.70. The predicted molar refractivity (Wildman–Crippen MR) is 202 cm³/mol. The molecule has 0 spiro atoms. The van der Waals surface area contributed by atoms with Crippen molar-refractivity contribution in [3.8, 4) is 11.3 Å². The summed E-state index contributed by atoms with van der Waals surface area (Å²) in [6.07, 6.45) is 6.62. The number of ketones is 1. The number of thiophene rings is 1. The third-order valence-corrected chi connectivity index (χ3v) is 12.5. The van der Waals surface area contributed by atoms with E-state index in [1.165, 1.54) is 42.6 Å². The van der Waals surface area contributed by atoms with Crippen molar-refractivity contribution in [3.05, 3.63) is 77.8 Å². The van der Waals surface area contributed by atoms with Crippen molar-refractivity contribution in [1.82, 2.24) is 9.97 Å². The number of carbonyl (C=O) groups is 1. The molecule has 0 amide bonds. The summed E-state index contributed by atoms with van der Waals surface area (Å²) in [5.74, 6) is 0.975. The minimum absolute atomic E-state index is 0. The van der Waals surface area contributed by atoms with Crippen molar-refractivity contribution >= 4 is 61.5 Å². The molecule has 2 aromatic heterocycles. The van der Waals surface area contributed by atoms with Gasteiger partial charge in [0.2, 0.25) is 0 Å². The van der Waals surface area contributed by atoms with E-state index in [9.17, 15) is 9.90 Å². The summed E-state index contributed by atoms with van der Waals surface area (Å²) in [7, 11) is -1.47. The molecule has 5 rings (SSSR count). The van der Waals surface area contributed by atoms with Crippen LogP contribution in [0.15, 0.2) is 60.6 Å². The molecule has 1 radical (unpaired) electrons. The molecule has 5 aromatic rings. The summed E-state index contributed by atoms with van der Waals surface area (Å²) in [4.78, 5) is 21.2. The second kappa shape index (κ2) is 16.6. The van der Waals surface area contributed by atoms with E-state index in [-0.39, 0.29) is 43.5 Å². The summed E-state index contributed by atoms with van der Waals surface area (Å²) in [6, 6.07) is 19.3. The van der Waals surface area contributed by atoms with Gasteiger partial charge in [-0.2, -0.15) is 0 Å². The average molecular weight is 844 g/mol. The fraction of sp³-hybridized carbons (Fsp3) is 0.425. The first-order valence-corrected chi connectivity index (χ1v) is 21.2. The first-order valence-electron chi connectivity index (χ1n) is 16.9. The number of aromatic nitrogens is 2. The fourth-order valence-electron chi connectivity index (χ4n) is 6.19. The first-order chi connectivity index (χ1) is 21.8. The number of aliphatic hydroxyl groups excluding tert-OH is 1. The van der Waals surface area contributed by atoms with Crippen LogP contribution in [0.3, 0.4) is 0 Å². The zero-order valence-electron chi connectivity index (χ0n) is 29.7. The Kier molecular flexibility index (Phi) is 13.7. The minimum Gasteiger partial charge on any atom is -0.512 e. The van der Waals surface area contributed by atoms with Gasteiger partial charge in [0.25, 0.3) is 0 Å². The maximum absolute atomic E-state index is 11.7. The molecule has 0 unspecified atom stereocenters. The molecule has 0 saturated heterocycles. The maximum atomic E-state index is 11.7. The van der Waals surface area contributed by atoms with Crippen LogP contribution in [0.5, 0.6) is 0 Å². The molecule has 7 heteroatoms. The van der Waals surface area contributed by atoms with Crippen LogP contribution in [0.4, 0.5) is 0 Å². The number of aliphatic hydroxyl groups is 1. The Morgan fingerprint density at radius 1 is 0.915 bits per heavy atom. The molecule has 1 N–H and O–H groups in total. The third-order valence-electron chi connectivity index (χ3n) is 9.10. The number of carbonyl (C=O) groups excluding carboxylic acids is 1. The molecule has 253 valence electrons. The monoisotopic (exact) mass is 844 g/mol. The number of nitrogens with zero attached hydrogens (tertiary/aromatic N) is 2. The Bertz CT molecular complexity index is 1860. The number of rotatable bonds is 10. The van der Waals surface area contributed by atoms with Gasteiger partial charge < -0.3 is 5.11 Å². The first kappa shape index (κ1) is 38.7. The number of aryl methyl sites for hydroxylation is 1. The van der Waals surface area contributed by atoms with Gasteiger partial charge in [0, 0.05) is 58.5 Å². The Morgan fingerprint density at radius 3 is 2.17 bits per heavy atom. The normalized spacial score (nSPS) is 12.2. The number of allylic oxidation sites excluding steroid dienone is 2. The SMILES string of the molecule is CCC(CC)C(=O)/C=C(\O)C(CC)CC.Cc1ccc2c(C(C)C)cc(-c3ncnc4c3sc3c([Si](C)(C)C)cccc34)[c-]c2c1.[Ir]. The zero-order valence-corrected chi connectivity index (χ0v) is 34.0. The smallest absolute Gasteiger partial charge is 0.162 e. The van der Waals surface area contributed by atoms with Crippen LogP contribution in [-0.2, 0) is 24.9 Å². The van der Waals surface area contributed by atoms with E-state index in [4.69, 9.17) is 9.97 Å². The van der Waals surface area contributed by atoms with Crippen LogP contribution in [0.1, 0.15) is 84.3 Å². The third kappa shape index (κ3) is 8.67. The molecule has 2 heterocycles. The molecule has 0 aliphatic heterocycles. The Balaban J connectivity index is 0.000000322. The Morgan fingerprint density at radius 2 is 1.57 bits per heavy atom. The van der Waals surface area contributed by atoms with Gasteiger partial charge in [-0.25, -0.2) is 4.98 Å². The van der Waals surface area contributed by atoms with Crippen molar-refractivity contribution in [3.63, 3.8) is 0 Å². The molecule has 0 aliphatic rings. The van der Waals surface area contributed by atoms with Crippen LogP contribution in [0.2, 0.25) is 19.6 Å². The quantitative estimate of drug-likeness (QED) is 0.0658.